The van der Waals surface area contributed by atoms with Gasteiger partial charge in [-0.2, -0.15) is 4.31 Å². The van der Waals surface area contributed by atoms with Gasteiger partial charge < -0.3 is 5.32 Å². The van der Waals surface area contributed by atoms with Gasteiger partial charge in [-0.25, -0.2) is 13.8 Å². The van der Waals surface area contributed by atoms with E-state index >= 15 is 0 Å². The minimum Gasteiger partial charge on any atom is -0.325 e. The van der Waals surface area contributed by atoms with Crippen LogP contribution in [0.25, 0.3) is 0 Å². The first-order valence-electron chi connectivity index (χ1n) is 9.92. The maximum atomic E-state index is 12.8. The number of sulfonamides is 1. The molecule has 29 heavy (non-hydrogen) atoms. The second-order valence-electron chi connectivity index (χ2n) is 7.92. The Bertz CT molecular complexity index is 902. The highest BCUT2D eigenvalue weighted by Crippen LogP contribution is 2.32. The van der Waals surface area contributed by atoms with Gasteiger partial charge in [0.25, 0.3) is 0 Å². The van der Waals surface area contributed by atoms with Crippen molar-refractivity contribution in [3.63, 3.8) is 0 Å². The van der Waals surface area contributed by atoms with Crippen LogP contribution in [-0.4, -0.2) is 54.8 Å². The first-order valence-corrected chi connectivity index (χ1v) is 11.4. The zero-order valence-electron chi connectivity index (χ0n) is 15.9. The topological polar surface area (TPSA) is 134 Å². The third-order valence-electron chi connectivity index (χ3n) is 6.11. The Kier molecular flexibility index (Phi) is 5.56. The van der Waals surface area contributed by atoms with E-state index in [1.54, 1.807) is 12.1 Å². The Morgan fingerprint density at radius 2 is 1.97 bits per heavy atom. The van der Waals surface area contributed by atoms with Crippen LogP contribution in [0, 0.1) is 16.0 Å². The minimum absolute atomic E-state index is 0.0174. The number of nitrogens with one attached hydrogen (secondary N) is 3. The average molecular weight is 423 g/mol. The van der Waals surface area contributed by atoms with Crippen molar-refractivity contribution < 1.29 is 18.1 Å². The molecule has 0 spiro atoms. The molecule has 10 nitrogen and oxygen atoms in total. The molecular formula is C18H25N5O5S. The molecule has 1 aromatic carbocycles. The van der Waals surface area contributed by atoms with E-state index < -0.39 is 22.1 Å². The van der Waals surface area contributed by atoms with E-state index in [2.05, 4.69) is 16.2 Å². The van der Waals surface area contributed by atoms with Crippen molar-refractivity contribution >= 4 is 21.6 Å². The van der Waals surface area contributed by atoms with E-state index in [0.717, 1.165) is 12.8 Å². The van der Waals surface area contributed by atoms with Crippen molar-refractivity contribution in [2.75, 3.05) is 18.4 Å². The van der Waals surface area contributed by atoms with E-state index in [4.69, 9.17) is 0 Å². The fourth-order valence-corrected chi connectivity index (χ4v) is 6.08. The molecule has 2 aliphatic heterocycles. The Morgan fingerprint density at radius 1 is 1.21 bits per heavy atom. The molecule has 158 valence electrons. The van der Waals surface area contributed by atoms with Crippen molar-refractivity contribution in [2.45, 2.75) is 55.1 Å². The van der Waals surface area contributed by atoms with Gasteiger partial charge in [0.1, 0.15) is 6.04 Å². The molecule has 1 aromatic rings. The highest BCUT2D eigenvalue weighted by Gasteiger charge is 2.46. The fourth-order valence-electron chi connectivity index (χ4n) is 4.52. The summed E-state index contributed by atoms with van der Waals surface area (Å²) in [7, 11) is -3.57. The number of hydrazine groups is 1. The molecule has 3 fully saturated rings. The van der Waals surface area contributed by atoms with E-state index in [1.165, 1.54) is 16.4 Å². The Balaban J connectivity index is 1.47. The van der Waals surface area contributed by atoms with Gasteiger partial charge in [-0.1, -0.05) is 6.07 Å². The number of nitrogens with zero attached hydrogens (tertiary/aromatic N) is 2. The predicted molar refractivity (Wildman–Crippen MR) is 105 cm³/mol. The van der Waals surface area contributed by atoms with Crippen LogP contribution in [0.3, 0.4) is 0 Å². The smallest absolute Gasteiger partial charge is 0.243 e. The van der Waals surface area contributed by atoms with Crippen molar-refractivity contribution in [2.24, 2.45) is 5.92 Å². The number of carbonyl (C=O) groups excluding carboxylic acids is 1. The molecule has 4 atom stereocenters. The van der Waals surface area contributed by atoms with Crippen LogP contribution < -0.4 is 16.2 Å². The third kappa shape index (κ3) is 4.00. The summed E-state index contributed by atoms with van der Waals surface area (Å²) in [5, 5.41) is 13.9. The molecule has 1 aliphatic carbocycles. The first-order chi connectivity index (χ1) is 13.9. The van der Waals surface area contributed by atoms with Gasteiger partial charge >= 0.3 is 0 Å². The average Bonchev–Trinajstić information content (AvgIpc) is 3.38. The Hall–Kier alpha value is -2.08. The van der Waals surface area contributed by atoms with Crippen LogP contribution in [0.4, 0.5) is 5.69 Å². The number of hydrogen-bond acceptors (Lipinski definition) is 7. The van der Waals surface area contributed by atoms with Crippen molar-refractivity contribution in [3.8, 4) is 0 Å². The molecule has 11 heteroatoms. The number of amides is 1. The van der Waals surface area contributed by atoms with Crippen LogP contribution in [-0.2, 0) is 14.8 Å². The molecule has 1 amide bonds. The zero-order chi connectivity index (χ0) is 20.6. The third-order valence-corrected chi connectivity index (χ3v) is 8.00. The lowest BCUT2D eigenvalue weighted by molar-refractivity contribution is -0.528. The predicted octanol–water partition coefficient (Wildman–Crippen LogP) is 0.700. The zero-order valence-corrected chi connectivity index (χ0v) is 16.7. The van der Waals surface area contributed by atoms with Gasteiger partial charge in [0.2, 0.25) is 22.0 Å². The lowest BCUT2D eigenvalue weighted by atomic mass is 9.79. The monoisotopic (exact) mass is 423 g/mol. The van der Waals surface area contributed by atoms with Crippen molar-refractivity contribution in [1.82, 2.24) is 15.2 Å². The minimum atomic E-state index is -3.57. The molecule has 0 aromatic heterocycles. The van der Waals surface area contributed by atoms with Gasteiger partial charge in [0.15, 0.2) is 0 Å². The maximum Gasteiger partial charge on any atom is 0.243 e. The molecular weight excluding hydrogens is 398 g/mol. The van der Waals surface area contributed by atoms with Crippen LogP contribution in [0.15, 0.2) is 29.2 Å². The number of hydrogen-bond donors (Lipinski definition) is 3. The van der Waals surface area contributed by atoms with Gasteiger partial charge in [-0.05, 0) is 37.5 Å². The highest BCUT2D eigenvalue weighted by molar-refractivity contribution is 7.89. The van der Waals surface area contributed by atoms with Crippen LogP contribution in [0.5, 0.6) is 0 Å². The normalized spacial score (nSPS) is 30.1. The number of carbonyl (C=O) groups is 1. The molecule has 4 unspecified atom stereocenters. The highest BCUT2D eigenvalue weighted by atomic mass is 32.2. The standard InChI is InChI=1S/C18H25N5O5S/c24-18(17-15-11-13(23(25)26)6-7-16(15)20-21-17)19-12-4-3-5-14(10-12)29(27,28)22-8-1-2-9-22/h3-5,10,13,15-17,20-21H,1-2,6-9,11H2,(H,19,24). The molecule has 0 bridgehead atoms. The first kappa shape index (κ1) is 20.2. The number of benzene rings is 1. The Labute approximate surface area is 169 Å². The second-order valence-corrected chi connectivity index (χ2v) is 9.86. The number of nitro groups is 1. The van der Waals surface area contributed by atoms with Gasteiger partial charge in [-0.15, -0.1) is 0 Å². The quantitative estimate of drug-likeness (QED) is 0.469. The molecule has 0 radical (unpaired) electrons. The summed E-state index contributed by atoms with van der Waals surface area (Å²) in [6, 6.07) is 5.00. The van der Waals surface area contributed by atoms with Crippen molar-refractivity contribution in [3.05, 3.63) is 34.4 Å². The molecule has 3 aliphatic rings. The number of anilines is 1. The fraction of sp³-hybridized carbons (Fsp3) is 0.611. The summed E-state index contributed by atoms with van der Waals surface area (Å²) in [6.07, 6.45) is 3.16. The summed E-state index contributed by atoms with van der Waals surface area (Å²) in [6.45, 7) is 1.02. The van der Waals surface area contributed by atoms with E-state index in [0.29, 0.717) is 38.0 Å². The molecule has 2 heterocycles. The van der Waals surface area contributed by atoms with Gasteiger partial charge in [0.05, 0.1) is 4.90 Å². The molecule has 3 N–H and O–H groups in total. The van der Waals surface area contributed by atoms with Crippen molar-refractivity contribution in [1.29, 1.82) is 0 Å². The maximum absolute atomic E-state index is 12.8. The van der Waals surface area contributed by atoms with Crippen LogP contribution in [0.1, 0.15) is 32.1 Å². The van der Waals surface area contributed by atoms with Gasteiger partial charge in [-0.3, -0.25) is 20.3 Å². The summed E-state index contributed by atoms with van der Waals surface area (Å²) in [5.74, 6) is -0.514. The number of fused-ring (bicyclic) bond motifs is 1. The second kappa shape index (κ2) is 7.98. The van der Waals surface area contributed by atoms with Crippen LogP contribution in [0.2, 0.25) is 0 Å². The lowest BCUT2D eigenvalue weighted by Crippen LogP contribution is -2.44. The van der Waals surface area contributed by atoms with E-state index in [1.807, 2.05) is 0 Å². The number of rotatable bonds is 5. The molecule has 4 rings (SSSR count). The summed E-state index contributed by atoms with van der Waals surface area (Å²) < 4.78 is 26.9. The SMILES string of the molecule is O=C(Nc1cccc(S(=O)(=O)N2CCCC2)c1)C1NNC2CCC([N+](=O)[O-])CC21. The summed E-state index contributed by atoms with van der Waals surface area (Å²) >= 11 is 0. The molecule has 2 saturated heterocycles. The largest absolute Gasteiger partial charge is 0.325 e. The van der Waals surface area contributed by atoms with Crippen LogP contribution >= 0.6 is 0 Å². The van der Waals surface area contributed by atoms with E-state index in [9.17, 15) is 23.3 Å². The summed E-state index contributed by atoms with van der Waals surface area (Å²) in [4.78, 5) is 23.9. The lowest BCUT2D eigenvalue weighted by Gasteiger charge is -2.28. The summed E-state index contributed by atoms with van der Waals surface area (Å²) in [5.41, 5.74) is 6.42. The van der Waals surface area contributed by atoms with Gasteiger partial charge in [0, 0.05) is 48.5 Å². The molecule has 1 saturated carbocycles. The Morgan fingerprint density at radius 3 is 2.69 bits per heavy atom. The van der Waals surface area contributed by atoms with E-state index in [-0.39, 0.29) is 27.7 Å².